The van der Waals surface area contributed by atoms with Crippen molar-refractivity contribution in [3.8, 4) is 0 Å². The van der Waals surface area contributed by atoms with Crippen LogP contribution in [0.25, 0.3) is 0 Å². The average Bonchev–Trinajstić information content (AvgIpc) is 2.35. The number of hydrogen-bond donors (Lipinski definition) is 0. The second-order valence-corrected chi connectivity index (χ2v) is 6.72. The highest BCUT2D eigenvalue weighted by atomic mass is 79.9. The third kappa shape index (κ3) is 3.48. The molecule has 0 unspecified atom stereocenters. The van der Waals surface area contributed by atoms with E-state index in [2.05, 4.69) is 34.7 Å². The highest BCUT2D eigenvalue weighted by molar-refractivity contribution is 9.08. The van der Waals surface area contributed by atoms with Gasteiger partial charge in [0.25, 0.3) is 0 Å². The lowest BCUT2D eigenvalue weighted by Gasteiger charge is -2.39. The van der Waals surface area contributed by atoms with Gasteiger partial charge in [-0.3, -0.25) is 0 Å². The minimum atomic E-state index is -4.30. The van der Waals surface area contributed by atoms with Crippen molar-refractivity contribution in [3.05, 3.63) is 29.3 Å². The van der Waals surface area contributed by atoms with Crippen molar-refractivity contribution in [2.75, 3.05) is 18.0 Å². The summed E-state index contributed by atoms with van der Waals surface area (Å²) in [4.78, 5) is 2.07. The van der Waals surface area contributed by atoms with E-state index in [0.29, 0.717) is 5.69 Å². The summed E-state index contributed by atoms with van der Waals surface area (Å²) in [5, 5.41) is 0.216. The number of piperidine rings is 1. The van der Waals surface area contributed by atoms with Gasteiger partial charge < -0.3 is 4.90 Å². The maximum Gasteiger partial charge on any atom is 0.416 e. The fraction of sp³-hybridized carbons (Fsp3) is 0.600. The van der Waals surface area contributed by atoms with E-state index in [1.807, 2.05) is 0 Å². The Balaban J connectivity index is 2.34. The molecule has 2 rings (SSSR count). The quantitative estimate of drug-likeness (QED) is 0.661. The molecule has 5 heteroatoms. The molecule has 1 saturated heterocycles. The Morgan fingerprint density at radius 3 is 2.55 bits per heavy atom. The minimum Gasteiger partial charge on any atom is -0.371 e. The number of nitrogens with zero attached hydrogens (tertiary/aromatic N) is 1. The van der Waals surface area contributed by atoms with E-state index in [4.69, 9.17) is 0 Å². The van der Waals surface area contributed by atoms with E-state index < -0.39 is 11.7 Å². The van der Waals surface area contributed by atoms with E-state index in [1.54, 1.807) is 12.1 Å². The van der Waals surface area contributed by atoms with Crippen molar-refractivity contribution in [2.45, 2.75) is 38.2 Å². The molecule has 0 amide bonds. The normalized spacial score (nSPS) is 19.2. The highest BCUT2D eigenvalue weighted by Crippen LogP contribution is 2.37. The van der Waals surface area contributed by atoms with E-state index in [1.165, 1.54) is 6.07 Å². The molecule has 1 aromatic carbocycles. The standard InChI is InChI=1S/C15H19BrF3N/c1-14(2)6-3-7-20(10-14)12-5-4-11(9-16)13(8-12)15(17,18)19/h4-5,8H,3,6-7,9-10H2,1-2H3. The van der Waals surface area contributed by atoms with Gasteiger partial charge in [0.15, 0.2) is 0 Å². The van der Waals surface area contributed by atoms with Crippen LogP contribution in [0.2, 0.25) is 0 Å². The summed E-state index contributed by atoms with van der Waals surface area (Å²) in [5.41, 5.74) is 0.590. The molecule has 1 nitrogen and oxygen atoms in total. The highest BCUT2D eigenvalue weighted by Gasteiger charge is 2.34. The largest absolute Gasteiger partial charge is 0.416 e. The molecule has 0 saturated carbocycles. The van der Waals surface area contributed by atoms with Gasteiger partial charge in [-0.25, -0.2) is 0 Å². The molecule has 0 radical (unpaired) electrons. The van der Waals surface area contributed by atoms with E-state index in [-0.39, 0.29) is 16.3 Å². The van der Waals surface area contributed by atoms with Crippen molar-refractivity contribution < 1.29 is 13.2 Å². The number of hydrogen-bond acceptors (Lipinski definition) is 1. The van der Waals surface area contributed by atoms with Gasteiger partial charge in [0.1, 0.15) is 0 Å². The van der Waals surface area contributed by atoms with Gasteiger partial charge in [-0.2, -0.15) is 13.2 Å². The van der Waals surface area contributed by atoms with Crippen molar-refractivity contribution >= 4 is 21.6 Å². The van der Waals surface area contributed by atoms with Crippen LogP contribution < -0.4 is 4.90 Å². The van der Waals surface area contributed by atoms with E-state index >= 15 is 0 Å². The summed E-state index contributed by atoms with van der Waals surface area (Å²) < 4.78 is 39.3. The van der Waals surface area contributed by atoms with Crippen LogP contribution in [-0.4, -0.2) is 13.1 Å². The Labute approximate surface area is 126 Å². The Hall–Kier alpha value is -0.710. The van der Waals surface area contributed by atoms with Gasteiger partial charge in [-0.15, -0.1) is 0 Å². The van der Waals surface area contributed by atoms with Crippen molar-refractivity contribution in [3.63, 3.8) is 0 Å². The molecule has 1 aliphatic rings. The first kappa shape index (κ1) is 15.7. The second-order valence-electron chi connectivity index (χ2n) is 6.16. The van der Waals surface area contributed by atoms with Crippen LogP contribution in [0.4, 0.5) is 18.9 Å². The first-order valence-electron chi connectivity index (χ1n) is 6.74. The number of anilines is 1. The number of benzene rings is 1. The fourth-order valence-electron chi connectivity index (χ4n) is 2.79. The summed E-state index contributed by atoms with van der Waals surface area (Å²) in [6, 6.07) is 4.67. The number of halogens is 4. The lowest BCUT2D eigenvalue weighted by molar-refractivity contribution is -0.138. The van der Waals surface area contributed by atoms with Crippen LogP contribution >= 0.6 is 15.9 Å². The smallest absolute Gasteiger partial charge is 0.371 e. The molecular weight excluding hydrogens is 331 g/mol. The lowest BCUT2D eigenvalue weighted by atomic mass is 9.84. The van der Waals surface area contributed by atoms with Crippen LogP contribution in [0.5, 0.6) is 0 Å². The van der Waals surface area contributed by atoms with Gasteiger partial charge in [0.05, 0.1) is 5.56 Å². The molecule has 0 atom stereocenters. The van der Waals surface area contributed by atoms with E-state index in [9.17, 15) is 13.2 Å². The molecule has 0 bridgehead atoms. The lowest BCUT2D eigenvalue weighted by Crippen LogP contribution is -2.40. The molecule has 0 spiro atoms. The zero-order valence-electron chi connectivity index (χ0n) is 11.7. The molecule has 1 aliphatic heterocycles. The van der Waals surface area contributed by atoms with Crippen LogP contribution in [0, 0.1) is 5.41 Å². The first-order valence-corrected chi connectivity index (χ1v) is 7.86. The predicted molar refractivity (Wildman–Crippen MR) is 79.3 cm³/mol. The molecule has 0 N–H and O–H groups in total. The van der Waals surface area contributed by atoms with Gasteiger partial charge in [0.2, 0.25) is 0 Å². The van der Waals surface area contributed by atoms with Gasteiger partial charge >= 0.3 is 6.18 Å². The predicted octanol–water partition coefficient (Wildman–Crippen LogP) is 5.23. The minimum absolute atomic E-state index is 0.157. The molecule has 20 heavy (non-hydrogen) atoms. The third-order valence-corrected chi connectivity index (χ3v) is 4.41. The second kappa shape index (κ2) is 5.58. The molecule has 112 valence electrons. The molecule has 1 aromatic rings. The monoisotopic (exact) mass is 349 g/mol. The van der Waals surface area contributed by atoms with Gasteiger partial charge in [-0.05, 0) is 36.0 Å². The Bertz CT molecular complexity index is 482. The number of rotatable bonds is 2. The maximum absolute atomic E-state index is 13.1. The number of alkyl halides is 4. The summed E-state index contributed by atoms with van der Waals surface area (Å²) in [5.74, 6) is 0. The summed E-state index contributed by atoms with van der Waals surface area (Å²) in [6.45, 7) is 5.96. The average molecular weight is 350 g/mol. The fourth-order valence-corrected chi connectivity index (χ4v) is 3.27. The van der Waals surface area contributed by atoms with Crippen LogP contribution in [0.3, 0.4) is 0 Å². The van der Waals surface area contributed by atoms with Gasteiger partial charge in [-0.1, -0.05) is 35.8 Å². The van der Waals surface area contributed by atoms with Crippen molar-refractivity contribution in [1.82, 2.24) is 0 Å². The Morgan fingerprint density at radius 2 is 2.00 bits per heavy atom. The third-order valence-electron chi connectivity index (χ3n) is 3.81. The molecule has 0 aromatic heterocycles. The summed E-state index contributed by atoms with van der Waals surface area (Å²) in [7, 11) is 0. The van der Waals surface area contributed by atoms with Crippen LogP contribution in [0.15, 0.2) is 18.2 Å². The van der Waals surface area contributed by atoms with Crippen molar-refractivity contribution in [2.24, 2.45) is 5.41 Å². The Kier molecular flexibility index (Phi) is 4.38. The SMILES string of the molecule is CC1(C)CCCN(c2ccc(CBr)c(C(F)(F)F)c2)C1. The summed E-state index contributed by atoms with van der Waals surface area (Å²) in [6.07, 6.45) is -2.16. The van der Waals surface area contributed by atoms with Crippen molar-refractivity contribution in [1.29, 1.82) is 0 Å². The zero-order chi connectivity index (χ0) is 15.0. The Morgan fingerprint density at radius 1 is 1.30 bits per heavy atom. The molecule has 1 fully saturated rings. The molecular formula is C15H19BrF3N. The first-order chi connectivity index (χ1) is 9.23. The van der Waals surface area contributed by atoms with Crippen LogP contribution in [-0.2, 0) is 11.5 Å². The van der Waals surface area contributed by atoms with Gasteiger partial charge in [0, 0.05) is 24.1 Å². The zero-order valence-corrected chi connectivity index (χ0v) is 13.3. The maximum atomic E-state index is 13.1. The molecule has 0 aliphatic carbocycles. The topological polar surface area (TPSA) is 3.24 Å². The summed E-state index contributed by atoms with van der Waals surface area (Å²) >= 11 is 3.13. The van der Waals surface area contributed by atoms with E-state index in [0.717, 1.165) is 25.9 Å². The molecule has 1 heterocycles. The van der Waals surface area contributed by atoms with Crippen LogP contribution in [0.1, 0.15) is 37.8 Å².